The van der Waals surface area contributed by atoms with Crippen molar-refractivity contribution in [3.8, 4) is 55.9 Å². The van der Waals surface area contributed by atoms with E-state index in [1.165, 1.54) is 11.1 Å². The van der Waals surface area contributed by atoms with Crippen molar-refractivity contribution in [3.05, 3.63) is 255 Å². The highest BCUT2D eigenvalue weighted by Gasteiger charge is 2.19. The van der Waals surface area contributed by atoms with Gasteiger partial charge in [0.2, 0.25) is 0 Å². The molecule has 8 aromatic carbocycles. The molecule has 0 atom stereocenters. The molecule has 4 heteroatoms. The van der Waals surface area contributed by atoms with Crippen molar-refractivity contribution in [2.45, 2.75) is 6.92 Å². The lowest BCUT2D eigenvalue weighted by Gasteiger charge is -2.29. The summed E-state index contributed by atoms with van der Waals surface area (Å²) < 4.78 is 0. The average molecular weight is 809 g/mol. The molecule has 0 radical (unpaired) electrons. The first-order valence-corrected chi connectivity index (χ1v) is 21.3. The zero-order chi connectivity index (χ0) is 42.4. The minimum Gasteiger partial charge on any atom is -0.311 e. The molecule has 0 aliphatic heterocycles. The van der Waals surface area contributed by atoms with Gasteiger partial charge in [-0.1, -0.05) is 140 Å². The monoisotopic (exact) mass is 808 g/mol. The predicted octanol–water partition coefficient (Wildman–Crippen LogP) is 16.1. The number of hydrogen-bond acceptors (Lipinski definition) is 4. The quantitative estimate of drug-likeness (QED) is 0.130. The van der Waals surface area contributed by atoms with E-state index in [1.807, 2.05) is 24.5 Å². The third kappa shape index (κ3) is 8.39. The Balaban J connectivity index is 1.12. The van der Waals surface area contributed by atoms with Crippen LogP contribution in [0.2, 0.25) is 0 Å². The van der Waals surface area contributed by atoms with E-state index in [1.54, 1.807) is 0 Å². The molecule has 0 saturated heterocycles. The van der Waals surface area contributed by atoms with Crippen LogP contribution in [0.15, 0.2) is 249 Å². The molecule has 0 saturated carbocycles. The molecule has 0 amide bonds. The number of aromatic nitrogens is 2. The van der Waals surface area contributed by atoms with Crippen molar-refractivity contribution >= 4 is 34.1 Å². The van der Waals surface area contributed by atoms with E-state index >= 15 is 0 Å². The topological polar surface area (TPSA) is 32.3 Å². The molecular weight excluding hydrogens is 765 g/mol. The van der Waals surface area contributed by atoms with Crippen LogP contribution < -0.4 is 9.80 Å². The zero-order valence-corrected chi connectivity index (χ0v) is 35.0. The van der Waals surface area contributed by atoms with E-state index in [9.17, 15) is 0 Å². The Morgan fingerprint density at radius 1 is 0.286 bits per heavy atom. The lowest BCUT2D eigenvalue weighted by molar-refractivity contribution is 1.24. The van der Waals surface area contributed by atoms with Gasteiger partial charge in [0.25, 0.3) is 0 Å². The molecule has 2 heterocycles. The van der Waals surface area contributed by atoms with Crippen molar-refractivity contribution < 1.29 is 0 Å². The van der Waals surface area contributed by atoms with E-state index in [0.717, 1.165) is 84.5 Å². The van der Waals surface area contributed by atoms with Crippen LogP contribution in [0.3, 0.4) is 0 Å². The van der Waals surface area contributed by atoms with E-state index in [2.05, 4.69) is 241 Å². The van der Waals surface area contributed by atoms with Crippen LogP contribution in [0.4, 0.5) is 34.1 Å². The highest BCUT2D eigenvalue weighted by molar-refractivity contribution is 5.87. The van der Waals surface area contributed by atoms with Crippen LogP contribution >= 0.6 is 0 Å². The van der Waals surface area contributed by atoms with Gasteiger partial charge < -0.3 is 9.80 Å². The maximum absolute atomic E-state index is 5.09. The molecule has 300 valence electrons. The Labute approximate surface area is 369 Å². The van der Waals surface area contributed by atoms with Crippen molar-refractivity contribution in [1.82, 2.24) is 9.97 Å². The van der Waals surface area contributed by atoms with Crippen LogP contribution in [0, 0.1) is 6.92 Å². The summed E-state index contributed by atoms with van der Waals surface area (Å²) in [5.74, 6) is 0. The molecule has 2 aromatic heterocycles. The minimum atomic E-state index is 0.903. The maximum atomic E-state index is 5.09. The number of hydrogen-bond donors (Lipinski definition) is 0. The molecule has 63 heavy (non-hydrogen) atoms. The van der Waals surface area contributed by atoms with Crippen molar-refractivity contribution in [3.63, 3.8) is 0 Å². The van der Waals surface area contributed by atoms with Crippen LogP contribution in [0.5, 0.6) is 0 Å². The average Bonchev–Trinajstić information content (AvgIpc) is 3.36. The van der Waals surface area contributed by atoms with Gasteiger partial charge in [-0.05, 0) is 143 Å². The first-order chi connectivity index (χ1) is 31.1. The summed E-state index contributed by atoms with van der Waals surface area (Å²) in [5.41, 5.74) is 18.2. The third-order valence-electron chi connectivity index (χ3n) is 11.4. The smallest absolute Gasteiger partial charge is 0.0709 e. The normalized spacial score (nSPS) is 10.9. The van der Waals surface area contributed by atoms with Gasteiger partial charge in [-0.3, -0.25) is 9.97 Å². The van der Waals surface area contributed by atoms with E-state index < -0.39 is 0 Å². The summed E-state index contributed by atoms with van der Waals surface area (Å²) in [6.07, 6.45) is 3.85. The molecule has 4 nitrogen and oxygen atoms in total. The molecule has 0 aliphatic rings. The Hall–Kier alpha value is -8.34. The predicted molar refractivity (Wildman–Crippen MR) is 263 cm³/mol. The first-order valence-electron chi connectivity index (χ1n) is 21.3. The molecule has 0 spiro atoms. The molecule has 10 rings (SSSR count). The number of aryl methyl sites for hydroxylation is 1. The fourth-order valence-electron chi connectivity index (χ4n) is 8.29. The van der Waals surface area contributed by atoms with Gasteiger partial charge in [-0.25, -0.2) is 0 Å². The Kier molecular flexibility index (Phi) is 10.9. The summed E-state index contributed by atoms with van der Waals surface area (Å²) >= 11 is 0. The standard InChI is InChI=1S/C59H44N4/c1-43-42-61-59(41-57(43)47-30-28-46(29-31-47)44-17-6-2-7-18-44)50-37-49(45-19-8-3-9-20-45)39-56(40-50)63(55-26-16-21-48(38-55)58-27-14-15-36-60-58)54-34-32-53(33-35-54)62(51-22-10-4-11-23-51)52-24-12-5-13-25-52/h2-42H,1H3. The number of para-hydroxylation sites is 2. The highest BCUT2D eigenvalue weighted by atomic mass is 15.2. The second-order valence-corrected chi connectivity index (χ2v) is 15.6. The fourth-order valence-corrected chi connectivity index (χ4v) is 8.29. The third-order valence-corrected chi connectivity index (χ3v) is 11.4. The van der Waals surface area contributed by atoms with Crippen LogP contribution in [-0.2, 0) is 0 Å². The Bertz CT molecular complexity index is 3040. The lowest BCUT2D eigenvalue weighted by Crippen LogP contribution is -2.12. The summed E-state index contributed by atoms with van der Waals surface area (Å²) in [6, 6.07) is 83.7. The molecule has 0 bridgehead atoms. The summed E-state index contributed by atoms with van der Waals surface area (Å²) in [7, 11) is 0. The largest absolute Gasteiger partial charge is 0.311 e. The number of anilines is 6. The lowest BCUT2D eigenvalue weighted by atomic mass is 9.95. The number of pyridine rings is 2. The fraction of sp³-hybridized carbons (Fsp3) is 0.0169. The second kappa shape index (κ2) is 17.7. The SMILES string of the molecule is Cc1cnc(-c2cc(-c3ccccc3)cc(N(c3ccc(N(c4ccccc4)c4ccccc4)cc3)c3cccc(-c4ccccn4)c3)c2)cc1-c1ccc(-c2ccccc2)cc1. The van der Waals surface area contributed by atoms with Gasteiger partial charge in [0.1, 0.15) is 0 Å². The second-order valence-electron chi connectivity index (χ2n) is 15.6. The Morgan fingerprint density at radius 3 is 1.35 bits per heavy atom. The van der Waals surface area contributed by atoms with Crippen molar-refractivity contribution in [2.75, 3.05) is 9.80 Å². The Morgan fingerprint density at radius 2 is 0.746 bits per heavy atom. The van der Waals surface area contributed by atoms with Gasteiger partial charge in [0, 0.05) is 57.6 Å². The first kappa shape index (κ1) is 38.8. The van der Waals surface area contributed by atoms with Crippen LogP contribution in [0.25, 0.3) is 55.9 Å². The number of benzene rings is 8. The molecule has 0 aliphatic carbocycles. The molecule has 10 aromatic rings. The minimum absolute atomic E-state index is 0.903. The highest BCUT2D eigenvalue weighted by Crippen LogP contribution is 2.43. The van der Waals surface area contributed by atoms with Crippen LogP contribution in [-0.4, -0.2) is 9.97 Å². The molecule has 0 N–H and O–H groups in total. The molecular formula is C59H44N4. The van der Waals surface area contributed by atoms with Crippen LogP contribution in [0.1, 0.15) is 5.56 Å². The van der Waals surface area contributed by atoms with E-state index in [-0.39, 0.29) is 0 Å². The van der Waals surface area contributed by atoms with Gasteiger partial charge >= 0.3 is 0 Å². The number of nitrogens with zero attached hydrogens (tertiary/aromatic N) is 4. The van der Waals surface area contributed by atoms with Gasteiger partial charge in [-0.2, -0.15) is 0 Å². The van der Waals surface area contributed by atoms with Gasteiger partial charge in [0.15, 0.2) is 0 Å². The van der Waals surface area contributed by atoms with E-state index in [0.29, 0.717) is 0 Å². The van der Waals surface area contributed by atoms with E-state index in [4.69, 9.17) is 9.97 Å². The van der Waals surface area contributed by atoms with Crippen molar-refractivity contribution in [1.29, 1.82) is 0 Å². The van der Waals surface area contributed by atoms with Gasteiger partial charge in [0.05, 0.1) is 11.4 Å². The molecule has 0 unspecified atom stereocenters. The summed E-state index contributed by atoms with van der Waals surface area (Å²) in [5, 5.41) is 0. The summed E-state index contributed by atoms with van der Waals surface area (Å²) in [4.78, 5) is 14.4. The van der Waals surface area contributed by atoms with Crippen molar-refractivity contribution in [2.24, 2.45) is 0 Å². The maximum Gasteiger partial charge on any atom is 0.0709 e. The molecule has 0 fully saturated rings. The number of rotatable bonds is 11. The summed E-state index contributed by atoms with van der Waals surface area (Å²) in [6.45, 7) is 2.14. The zero-order valence-electron chi connectivity index (χ0n) is 35.0. The van der Waals surface area contributed by atoms with Gasteiger partial charge in [-0.15, -0.1) is 0 Å².